The van der Waals surface area contributed by atoms with E-state index in [1.807, 2.05) is 4.90 Å². The van der Waals surface area contributed by atoms with Crippen LogP contribution in [0.5, 0.6) is 0 Å². The molecule has 0 saturated heterocycles. The second-order valence-electron chi connectivity index (χ2n) is 10.1. The molecule has 0 saturated carbocycles. The zero-order valence-electron chi connectivity index (χ0n) is 23.4. The van der Waals surface area contributed by atoms with Gasteiger partial charge in [-0.25, -0.2) is 4.79 Å². The highest BCUT2D eigenvalue weighted by atomic mass is 16.4. The quantitative estimate of drug-likeness (QED) is 0.150. The number of nitrogens with zero attached hydrogens (tertiary/aromatic N) is 2. The van der Waals surface area contributed by atoms with E-state index in [0.29, 0.717) is 35.6 Å². The molecule has 3 rings (SSSR count). The summed E-state index contributed by atoms with van der Waals surface area (Å²) in [5.74, 6) is -1.42. The Balaban J connectivity index is 1.70. The van der Waals surface area contributed by atoms with Crippen LogP contribution in [0, 0.1) is 0 Å². The maximum absolute atomic E-state index is 12.7. The summed E-state index contributed by atoms with van der Waals surface area (Å²) in [6, 6.07) is 9.09. The van der Waals surface area contributed by atoms with Gasteiger partial charge in [0.2, 0.25) is 0 Å². The molecule has 214 valence electrons. The Morgan fingerprint density at radius 2 is 1.55 bits per heavy atom. The number of aliphatic carboxylic acids is 1. The molecule has 0 bridgehead atoms. The number of carbonyl (C=O) groups excluding carboxylic acids is 1. The summed E-state index contributed by atoms with van der Waals surface area (Å²) in [6.07, 6.45) is 11.5. The second-order valence-corrected chi connectivity index (χ2v) is 10.1. The number of hydrogen-bond donors (Lipinski definition) is 3. The summed E-state index contributed by atoms with van der Waals surface area (Å²) >= 11 is 0. The van der Waals surface area contributed by atoms with Gasteiger partial charge in [-0.3, -0.25) is 19.4 Å². The molecule has 0 radical (unpaired) electrons. The van der Waals surface area contributed by atoms with Crippen LogP contribution < -0.4 is 26.4 Å². The molecule has 1 atom stereocenters. The normalized spacial score (nSPS) is 11.8. The largest absolute Gasteiger partial charge is 0.480 e. The van der Waals surface area contributed by atoms with Crippen LogP contribution in [-0.4, -0.2) is 41.1 Å². The number of amides is 1. The minimum atomic E-state index is -1.12. The third-order valence-corrected chi connectivity index (χ3v) is 6.96. The summed E-state index contributed by atoms with van der Waals surface area (Å²) in [5, 5.41) is 15.6. The third kappa shape index (κ3) is 8.49. The van der Waals surface area contributed by atoms with Crippen molar-refractivity contribution >= 4 is 28.9 Å². The predicted octanol–water partition coefficient (Wildman–Crippen LogP) is 5.00. The Labute approximate surface area is 235 Å². The standard InChI is InChI=1S/C31H40N4O5/c1-3-5-7-9-18-35(19-10-8-6-4-2)27-26(28(36)29(27)37)34-25(31(39)40)20-22-13-15-24(16-14-22)33-30(38)23-12-11-17-32-21-23/h11-17,21,25,34H,3-10,18-20H2,1-2H3,(H,33,38)(H,39,40)/t25-/m0/s1. The van der Waals surface area contributed by atoms with Crippen LogP contribution in [0.25, 0.3) is 0 Å². The topological polar surface area (TPSA) is 129 Å². The molecular formula is C31H40N4O5. The summed E-state index contributed by atoms with van der Waals surface area (Å²) in [5.41, 5.74) is 0.893. The van der Waals surface area contributed by atoms with Crippen molar-refractivity contribution in [3.05, 3.63) is 80.4 Å². The predicted molar refractivity (Wildman–Crippen MR) is 159 cm³/mol. The number of anilines is 3. The number of aromatic nitrogens is 1. The first-order chi connectivity index (χ1) is 19.3. The van der Waals surface area contributed by atoms with E-state index < -0.39 is 22.9 Å². The minimum absolute atomic E-state index is 0.0947. The smallest absolute Gasteiger partial charge is 0.326 e. The van der Waals surface area contributed by atoms with Gasteiger partial charge >= 0.3 is 5.97 Å². The maximum Gasteiger partial charge on any atom is 0.326 e. The van der Waals surface area contributed by atoms with Gasteiger partial charge in [0.05, 0.1) is 5.56 Å². The van der Waals surface area contributed by atoms with Gasteiger partial charge in [-0.1, -0.05) is 64.5 Å². The minimum Gasteiger partial charge on any atom is -0.480 e. The van der Waals surface area contributed by atoms with E-state index in [4.69, 9.17) is 0 Å². The van der Waals surface area contributed by atoms with Crippen molar-refractivity contribution in [2.24, 2.45) is 0 Å². The van der Waals surface area contributed by atoms with Crippen LogP contribution >= 0.6 is 0 Å². The molecule has 40 heavy (non-hydrogen) atoms. The molecule has 3 N–H and O–H groups in total. The van der Waals surface area contributed by atoms with E-state index >= 15 is 0 Å². The first-order valence-corrected chi connectivity index (χ1v) is 14.2. The fourth-order valence-electron chi connectivity index (χ4n) is 4.64. The number of nitrogens with one attached hydrogen (secondary N) is 2. The highest BCUT2D eigenvalue weighted by Crippen LogP contribution is 2.24. The Kier molecular flexibility index (Phi) is 11.9. The highest BCUT2D eigenvalue weighted by molar-refractivity contribution is 6.04. The molecule has 9 nitrogen and oxygen atoms in total. The Morgan fingerprint density at radius 1 is 0.900 bits per heavy atom. The van der Waals surface area contributed by atoms with Crippen LogP contribution in [-0.2, 0) is 11.2 Å². The number of benzene rings is 1. The number of unbranched alkanes of at least 4 members (excludes halogenated alkanes) is 6. The summed E-state index contributed by atoms with van der Waals surface area (Å²) in [7, 11) is 0. The molecule has 1 heterocycles. The number of carbonyl (C=O) groups is 2. The van der Waals surface area contributed by atoms with Crippen LogP contribution in [0.2, 0.25) is 0 Å². The lowest BCUT2D eigenvalue weighted by atomic mass is 10.0. The Bertz CT molecular complexity index is 1290. The number of carboxylic acids is 1. The first kappa shape index (κ1) is 30.5. The molecule has 0 unspecified atom stereocenters. The van der Waals surface area contributed by atoms with Gasteiger partial charge in [0, 0.05) is 37.6 Å². The second kappa shape index (κ2) is 15.5. The molecule has 0 fully saturated rings. The van der Waals surface area contributed by atoms with E-state index in [-0.39, 0.29) is 18.0 Å². The van der Waals surface area contributed by atoms with Crippen molar-refractivity contribution in [3.63, 3.8) is 0 Å². The van der Waals surface area contributed by atoms with Gasteiger partial charge in [0.1, 0.15) is 17.4 Å². The summed E-state index contributed by atoms with van der Waals surface area (Å²) in [6.45, 7) is 5.60. The van der Waals surface area contributed by atoms with Crippen molar-refractivity contribution in [1.29, 1.82) is 0 Å². The fraction of sp³-hybridized carbons (Fsp3) is 0.452. The molecule has 3 aromatic rings. The van der Waals surface area contributed by atoms with Gasteiger partial charge in [0.25, 0.3) is 16.8 Å². The van der Waals surface area contributed by atoms with Crippen molar-refractivity contribution in [1.82, 2.24) is 4.98 Å². The van der Waals surface area contributed by atoms with Crippen molar-refractivity contribution < 1.29 is 14.7 Å². The molecule has 0 spiro atoms. The molecule has 0 aliphatic carbocycles. The lowest BCUT2D eigenvalue weighted by molar-refractivity contribution is -0.137. The molecule has 1 amide bonds. The monoisotopic (exact) mass is 548 g/mol. The van der Waals surface area contributed by atoms with E-state index in [2.05, 4.69) is 29.5 Å². The fourth-order valence-corrected chi connectivity index (χ4v) is 4.64. The Morgan fingerprint density at radius 3 is 2.10 bits per heavy atom. The van der Waals surface area contributed by atoms with Crippen molar-refractivity contribution in [2.75, 3.05) is 28.6 Å². The van der Waals surface area contributed by atoms with Crippen molar-refractivity contribution in [2.45, 2.75) is 77.7 Å². The van der Waals surface area contributed by atoms with E-state index in [1.165, 1.54) is 6.20 Å². The van der Waals surface area contributed by atoms with Gasteiger partial charge in [0.15, 0.2) is 0 Å². The maximum atomic E-state index is 12.7. The number of carboxylic acid groups (broad SMARTS) is 1. The van der Waals surface area contributed by atoms with Crippen LogP contribution in [0.4, 0.5) is 17.1 Å². The highest BCUT2D eigenvalue weighted by Gasteiger charge is 2.29. The third-order valence-electron chi connectivity index (χ3n) is 6.96. The lowest BCUT2D eigenvalue weighted by Gasteiger charge is -2.29. The van der Waals surface area contributed by atoms with Gasteiger partial charge in [-0.15, -0.1) is 0 Å². The lowest BCUT2D eigenvalue weighted by Crippen LogP contribution is -2.46. The summed E-state index contributed by atoms with van der Waals surface area (Å²) < 4.78 is 0. The molecule has 2 aromatic carbocycles. The molecule has 1 aromatic heterocycles. The SMILES string of the molecule is CCCCCCN(CCCCCC)c1c(N[C@@H](Cc2ccc(NC(=O)c3cccnc3)cc2)C(=O)O)c(=O)c1=O. The van der Waals surface area contributed by atoms with Crippen LogP contribution in [0.3, 0.4) is 0 Å². The molecular weight excluding hydrogens is 508 g/mol. The van der Waals surface area contributed by atoms with E-state index in [1.54, 1.807) is 42.6 Å². The molecule has 0 aliphatic rings. The van der Waals surface area contributed by atoms with Crippen molar-refractivity contribution in [3.8, 4) is 0 Å². The van der Waals surface area contributed by atoms with Crippen LogP contribution in [0.1, 0.15) is 81.1 Å². The van der Waals surface area contributed by atoms with Gasteiger partial charge in [-0.2, -0.15) is 0 Å². The Hall–Kier alpha value is -4.01. The van der Waals surface area contributed by atoms with Crippen LogP contribution in [0.15, 0.2) is 58.4 Å². The summed E-state index contributed by atoms with van der Waals surface area (Å²) in [4.78, 5) is 55.6. The number of pyridine rings is 1. The number of hydrogen-bond acceptors (Lipinski definition) is 7. The zero-order chi connectivity index (χ0) is 28.9. The zero-order valence-corrected chi connectivity index (χ0v) is 23.4. The number of rotatable bonds is 18. The van der Waals surface area contributed by atoms with E-state index in [0.717, 1.165) is 51.4 Å². The first-order valence-electron chi connectivity index (χ1n) is 14.2. The molecule has 0 aliphatic heterocycles. The van der Waals surface area contributed by atoms with Gasteiger partial charge < -0.3 is 20.6 Å². The molecule has 9 heteroatoms. The average Bonchev–Trinajstić information content (AvgIpc) is 2.97. The average molecular weight is 549 g/mol. The van der Waals surface area contributed by atoms with E-state index in [9.17, 15) is 24.3 Å². The van der Waals surface area contributed by atoms with Gasteiger partial charge in [-0.05, 0) is 42.7 Å².